The van der Waals surface area contributed by atoms with Crippen molar-refractivity contribution in [2.24, 2.45) is 0 Å². The maximum atomic E-state index is 13.8. The van der Waals surface area contributed by atoms with Crippen molar-refractivity contribution in [2.45, 2.75) is 38.5 Å². The molecule has 3 heterocycles. The predicted molar refractivity (Wildman–Crippen MR) is 114 cm³/mol. The van der Waals surface area contributed by atoms with Crippen LogP contribution in [0.15, 0.2) is 36.5 Å². The SMILES string of the molecule is O=C(Nc1cccnc1N1CCCCC1)c1nn(-c2ccc(F)c(F)c2)c2c1CCC2. The van der Waals surface area contributed by atoms with Crippen LogP contribution in [0.25, 0.3) is 5.69 Å². The largest absolute Gasteiger partial charge is 0.355 e. The highest BCUT2D eigenvalue weighted by Crippen LogP contribution is 2.30. The number of fused-ring (bicyclic) bond motifs is 1. The van der Waals surface area contributed by atoms with E-state index in [4.69, 9.17) is 0 Å². The number of hydrogen-bond donors (Lipinski definition) is 1. The Balaban J connectivity index is 1.47. The van der Waals surface area contributed by atoms with E-state index in [9.17, 15) is 13.6 Å². The Bertz CT molecular complexity index is 1140. The van der Waals surface area contributed by atoms with Gasteiger partial charge in [-0.05, 0) is 62.8 Å². The highest BCUT2D eigenvalue weighted by molar-refractivity contribution is 6.05. The second-order valence-corrected chi connectivity index (χ2v) is 8.01. The van der Waals surface area contributed by atoms with Gasteiger partial charge in [-0.15, -0.1) is 0 Å². The minimum absolute atomic E-state index is 0.314. The molecule has 2 aliphatic rings. The molecule has 0 spiro atoms. The third-order valence-corrected chi connectivity index (χ3v) is 5.98. The van der Waals surface area contributed by atoms with Gasteiger partial charge in [0.2, 0.25) is 0 Å². The summed E-state index contributed by atoms with van der Waals surface area (Å²) in [5.74, 6) is -1.39. The van der Waals surface area contributed by atoms with E-state index in [2.05, 4.69) is 20.3 Å². The van der Waals surface area contributed by atoms with Gasteiger partial charge in [-0.25, -0.2) is 18.4 Å². The molecule has 0 bridgehead atoms. The van der Waals surface area contributed by atoms with E-state index in [1.807, 2.05) is 6.07 Å². The topological polar surface area (TPSA) is 63.1 Å². The monoisotopic (exact) mass is 423 g/mol. The van der Waals surface area contributed by atoms with Crippen molar-refractivity contribution in [2.75, 3.05) is 23.3 Å². The quantitative estimate of drug-likeness (QED) is 0.681. The van der Waals surface area contributed by atoms with Crippen LogP contribution in [0.4, 0.5) is 20.3 Å². The summed E-state index contributed by atoms with van der Waals surface area (Å²) in [6, 6.07) is 7.31. The lowest BCUT2D eigenvalue weighted by Crippen LogP contribution is -2.31. The lowest BCUT2D eigenvalue weighted by Gasteiger charge is -2.29. The van der Waals surface area contributed by atoms with Crippen LogP contribution >= 0.6 is 0 Å². The first kappa shape index (κ1) is 19.7. The summed E-state index contributed by atoms with van der Waals surface area (Å²) in [7, 11) is 0. The molecule has 0 atom stereocenters. The van der Waals surface area contributed by atoms with Crippen LogP contribution in [0.1, 0.15) is 47.4 Å². The third-order valence-electron chi connectivity index (χ3n) is 5.98. The number of nitrogens with zero attached hydrogens (tertiary/aromatic N) is 4. The van der Waals surface area contributed by atoms with Crippen molar-refractivity contribution in [1.29, 1.82) is 0 Å². The molecule has 2 aromatic heterocycles. The maximum absolute atomic E-state index is 13.8. The molecule has 0 saturated carbocycles. The second kappa shape index (κ2) is 8.09. The van der Waals surface area contributed by atoms with E-state index in [1.54, 1.807) is 16.9 Å². The van der Waals surface area contributed by atoms with Gasteiger partial charge in [-0.3, -0.25) is 4.79 Å². The van der Waals surface area contributed by atoms with Gasteiger partial charge in [-0.2, -0.15) is 5.10 Å². The fraction of sp³-hybridized carbons (Fsp3) is 0.348. The summed E-state index contributed by atoms with van der Waals surface area (Å²) in [6.45, 7) is 1.83. The van der Waals surface area contributed by atoms with Gasteiger partial charge in [0.25, 0.3) is 5.91 Å². The standard InChI is InChI=1S/C23H23F2N5O/c24-17-10-9-15(14-18(17)25)30-20-8-4-6-16(20)21(28-30)23(31)27-19-7-5-11-26-22(19)29-12-2-1-3-13-29/h5,7,9-11,14H,1-4,6,8,12-13H2,(H,27,31). The van der Waals surface area contributed by atoms with Gasteiger partial charge >= 0.3 is 0 Å². The normalized spacial score (nSPS) is 15.7. The van der Waals surface area contributed by atoms with E-state index < -0.39 is 11.6 Å². The minimum Gasteiger partial charge on any atom is -0.355 e. The summed E-state index contributed by atoms with van der Waals surface area (Å²) in [4.78, 5) is 19.9. The van der Waals surface area contributed by atoms with E-state index in [-0.39, 0.29) is 5.91 Å². The molecule has 1 N–H and O–H groups in total. The molecule has 160 valence electrons. The number of halogens is 2. The fourth-order valence-electron chi connectivity index (χ4n) is 4.48. The van der Waals surface area contributed by atoms with Crippen LogP contribution < -0.4 is 10.2 Å². The Morgan fingerprint density at radius 1 is 1.00 bits per heavy atom. The van der Waals surface area contributed by atoms with E-state index in [0.717, 1.165) is 74.4 Å². The summed E-state index contributed by atoms with van der Waals surface area (Å²) in [6.07, 6.45) is 7.51. The summed E-state index contributed by atoms with van der Waals surface area (Å²) >= 11 is 0. The number of anilines is 2. The Labute approximate surface area is 178 Å². The van der Waals surface area contributed by atoms with E-state index in [0.29, 0.717) is 17.1 Å². The zero-order chi connectivity index (χ0) is 21.4. The molecule has 1 amide bonds. The molecule has 0 radical (unpaired) electrons. The van der Waals surface area contributed by atoms with E-state index >= 15 is 0 Å². The number of amides is 1. The van der Waals surface area contributed by atoms with Crippen LogP contribution in [0, 0.1) is 11.6 Å². The predicted octanol–water partition coefficient (Wildman–Crippen LogP) is 4.28. The number of pyridine rings is 1. The number of piperidine rings is 1. The van der Waals surface area contributed by atoms with Crippen molar-refractivity contribution in [3.05, 3.63) is 65.1 Å². The van der Waals surface area contributed by atoms with Gasteiger partial charge in [0.05, 0.1) is 11.4 Å². The molecule has 1 aromatic carbocycles. The number of rotatable bonds is 4. The van der Waals surface area contributed by atoms with Gasteiger partial charge in [0.1, 0.15) is 0 Å². The zero-order valence-electron chi connectivity index (χ0n) is 17.1. The molecule has 5 rings (SSSR count). The molecule has 0 unspecified atom stereocenters. The molecule has 6 nitrogen and oxygen atoms in total. The lowest BCUT2D eigenvalue weighted by atomic mass is 10.1. The Morgan fingerprint density at radius 3 is 2.65 bits per heavy atom. The zero-order valence-corrected chi connectivity index (χ0v) is 17.1. The highest BCUT2D eigenvalue weighted by Gasteiger charge is 2.28. The first-order valence-electron chi connectivity index (χ1n) is 10.7. The number of aromatic nitrogens is 3. The fourth-order valence-corrected chi connectivity index (χ4v) is 4.48. The van der Waals surface area contributed by atoms with Gasteiger partial charge < -0.3 is 10.2 Å². The third kappa shape index (κ3) is 3.66. The molecule has 1 saturated heterocycles. The maximum Gasteiger partial charge on any atom is 0.276 e. The summed E-state index contributed by atoms with van der Waals surface area (Å²) in [5.41, 5.74) is 3.13. The Hall–Kier alpha value is -3.29. The first-order valence-corrected chi connectivity index (χ1v) is 10.7. The van der Waals surface area contributed by atoms with Crippen LogP contribution in [0.5, 0.6) is 0 Å². The van der Waals surface area contributed by atoms with Crippen molar-refractivity contribution >= 4 is 17.4 Å². The first-order chi connectivity index (χ1) is 15.1. The molecule has 31 heavy (non-hydrogen) atoms. The molecule has 3 aromatic rings. The van der Waals surface area contributed by atoms with Crippen LogP contribution in [-0.2, 0) is 12.8 Å². The highest BCUT2D eigenvalue weighted by atomic mass is 19.2. The molecule has 1 aliphatic heterocycles. The molecule has 1 fully saturated rings. The number of carbonyl (C=O) groups excluding carboxylic acids is 1. The van der Waals surface area contributed by atoms with Crippen molar-refractivity contribution in [1.82, 2.24) is 14.8 Å². The summed E-state index contributed by atoms with van der Waals surface area (Å²) in [5, 5.41) is 7.48. The molecular formula is C23H23F2N5O. The van der Waals surface area contributed by atoms with Gasteiger partial charge in [-0.1, -0.05) is 0 Å². The Kier molecular flexibility index (Phi) is 5.13. The van der Waals surface area contributed by atoms with Crippen LogP contribution in [-0.4, -0.2) is 33.8 Å². The number of benzene rings is 1. The number of carbonyl (C=O) groups is 1. The second-order valence-electron chi connectivity index (χ2n) is 8.01. The lowest BCUT2D eigenvalue weighted by molar-refractivity contribution is 0.102. The van der Waals surface area contributed by atoms with Gasteiger partial charge in [0, 0.05) is 36.6 Å². The van der Waals surface area contributed by atoms with Gasteiger partial charge in [0.15, 0.2) is 23.1 Å². The number of hydrogen-bond acceptors (Lipinski definition) is 4. The Morgan fingerprint density at radius 2 is 1.84 bits per heavy atom. The van der Waals surface area contributed by atoms with Crippen molar-refractivity contribution in [3.63, 3.8) is 0 Å². The molecule has 1 aliphatic carbocycles. The summed E-state index contributed by atoms with van der Waals surface area (Å²) < 4.78 is 28.7. The smallest absolute Gasteiger partial charge is 0.276 e. The van der Waals surface area contributed by atoms with Crippen molar-refractivity contribution < 1.29 is 13.6 Å². The van der Waals surface area contributed by atoms with Crippen molar-refractivity contribution in [3.8, 4) is 5.69 Å². The van der Waals surface area contributed by atoms with E-state index in [1.165, 1.54) is 12.5 Å². The average Bonchev–Trinajstić information content (AvgIpc) is 3.40. The minimum atomic E-state index is -0.938. The average molecular weight is 423 g/mol. The number of nitrogens with one attached hydrogen (secondary N) is 1. The molecule has 8 heteroatoms. The van der Waals surface area contributed by atoms with Crippen LogP contribution in [0.3, 0.4) is 0 Å². The molecular weight excluding hydrogens is 400 g/mol. The van der Waals surface area contributed by atoms with Crippen LogP contribution in [0.2, 0.25) is 0 Å².